The Bertz CT molecular complexity index is 673. The Morgan fingerprint density at radius 1 is 1.05 bits per heavy atom. The summed E-state index contributed by atoms with van der Waals surface area (Å²) < 4.78 is 6.86. The van der Waals surface area contributed by atoms with Gasteiger partial charge in [-0.3, -0.25) is 0 Å². The first-order chi connectivity index (χ1) is 8.72. The molecule has 0 amide bonds. The van der Waals surface area contributed by atoms with Crippen LogP contribution in [0.2, 0.25) is 0 Å². The zero-order valence-electron chi connectivity index (χ0n) is 10.2. The normalized spacial score (nSPS) is 10.2. The number of H-pyrrole nitrogens is 1. The minimum atomic E-state index is 0. The van der Waals surface area contributed by atoms with E-state index in [9.17, 15) is 0 Å². The minimum absolute atomic E-state index is 0. The van der Waals surface area contributed by atoms with Crippen LogP contribution in [0.4, 0.5) is 0 Å². The largest absolute Gasteiger partial charge is 0.453 e. The van der Waals surface area contributed by atoms with Crippen molar-refractivity contribution in [3.63, 3.8) is 0 Å². The average Bonchev–Trinajstić information content (AvgIpc) is 2.98. The Morgan fingerprint density at radius 3 is 2.37 bits per heavy atom. The quantitative estimate of drug-likeness (QED) is 0.726. The number of rotatable bonds is 2. The maximum atomic E-state index is 5.80. The van der Waals surface area contributed by atoms with Gasteiger partial charge in [-0.2, -0.15) is 0 Å². The SMILES string of the molecule is Cc1cnc(-c2ccc(-c3ccc(Br)cc3)o2)[nH]1.Cl. The molecule has 3 aromatic rings. The van der Waals surface area contributed by atoms with E-state index < -0.39 is 0 Å². The Balaban J connectivity index is 0.00000133. The summed E-state index contributed by atoms with van der Waals surface area (Å²) in [7, 11) is 0. The molecule has 3 nitrogen and oxygen atoms in total. The van der Waals surface area contributed by atoms with E-state index >= 15 is 0 Å². The van der Waals surface area contributed by atoms with Gasteiger partial charge in [0.25, 0.3) is 0 Å². The molecule has 1 N–H and O–H groups in total. The van der Waals surface area contributed by atoms with Gasteiger partial charge in [0, 0.05) is 21.9 Å². The van der Waals surface area contributed by atoms with Crippen LogP contribution in [0.3, 0.4) is 0 Å². The molecule has 0 spiro atoms. The van der Waals surface area contributed by atoms with Crippen LogP contribution in [0.15, 0.2) is 51.5 Å². The van der Waals surface area contributed by atoms with E-state index in [1.165, 1.54) is 0 Å². The number of hydrogen-bond donors (Lipinski definition) is 1. The van der Waals surface area contributed by atoms with Crippen molar-refractivity contribution in [3.05, 3.63) is 52.8 Å². The molecule has 2 heterocycles. The maximum absolute atomic E-state index is 5.80. The zero-order chi connectivity index (χ0) is 12.5. The summed E-state index contributed by atoms with van der Waals surface area (Å²) in [6.07, 6.45) is 1.79. The van der Waals surface area contributed by atoms with Crippen molar-refractivity contribution in [2.45, 2.75) is 6.92 Å². The van der Waals surface area contributed by atoms with Crippen LogP contribution in [-0.2, 0) is 0 Å². The third-order valence-corrected chi connectivity index (χ3v) is 3.20. The molecule has 0 unspecified atom stereocenters. The van der Waals surface area contributed by atoms with Gasteiger partial charge >= 0.3 is 0 Å². The van der Waals surface area contributed by atoms with Crippen LogP contribution in [-0.4, -0.2) is 9.97 Å². The fourth-order valence-electron chi connectivity index (χ4n) is 1.77. The molecule has 0 radical (unpaired) electrons. The third-order valence-electron chi connectivity index (χ3n) is 2.67. The Hall–Kier alpha value is -1.52. The van der Waals surface area contributed by atoms with Crippen molar-refractivity contribution in [2.75, 3.05) is 0 Å². The monoisotopic (exact) mass is 338 g/mol. The van der Waals surface area contributed by atoms with Gasteiger partial charge in [-0.1, -0.05) is 28.1 Å². The van der Waals surface area contributed by atoms with Gasteiger partial charge < -0.3 is 9.40 Å². The summed E-state index contributed by atoms with van der Waals surface area (Å²) in [6.45, 7) is 1.97. The second-order valence-corrected chi connectivity index (χ2v) is 5.00. The summed E-state index contributed by atoms with van der Waals surface area (Å²) in [5.74, 6) is 2.35. The topological polar surface area (TPSA) is 41.8 Å². The molecule has 1 aromatic carbocycles. The Labute approximate surface area is 125 Å². The highest BCUT2D eigenvalue weighted by atomic mass is 79.9. The first kappa shape index (κ1) is 13.9. The number of nitrogens with one attached hydrogen (secondary N) is 1. The summed E-state index contributed by atoms with van der Waals surface area (Å²) in [4.78, 5) is 7.40. The maximum Gasteiger partial charge on any atom is 0.173 e. The van der Waals surface area contributed by atoms with Gasteiger partial charge in [-0.15, -0.1) is 12.4 Å². The van der Waals surface area contributed by atoms with E-state index in [1.807, 2.05) is 43.3 Å². The molecule has 3 rings (SSSR count). The molecule has 0 fully saturated rings. The lowest BCUT2D eigenvalue weighted by Crippen LogP contribution is -1.76. The molecule has 2 aromatic heterocycles. The van der Waals surface area contributed by atoms with E-state index in [0.29, 0.717) is 0 Å². The van der Waals surface area contributed by atoms with E-state index in [1.54, 1.807) is 6.20 Å². The van der Waals surface area contributed by atoms with Gasteiger partial charge in [-0.25, -0.2) is 4.98 Å². The summed E-state index contributed by atoms with van der Waals surface area (Å²) in [6, 6.07) is 11.9. The van der Waals surface area contributed by atoms with Crippen LogP contribution in [0, 0.1) is 6.92 Å². The molecule has 0 aliphatic rings. The fraction of sp³-hybridized carbons (Fsp3) is 0.0714. The predicted octanol–water partition coefficient (Wildman–Crippen LogP) is 4.83. The molecule has 98 valence electrons. The Kier molecular flexibility index (Phi) is 4.12. The lowest BCUT2D eigenvalue weighted by Gasteiger charge is -1.97. The first-order valence-electron chi connectivity index (χ1n) is 5.60. The van der Waals surface area contributed by atoms with Gasteiger partial charge in [0.1, 0.15) is 5.76 Å². The minimum Gasteiger partial charge on any atom is -0.453 e. The average molecular weight is 340 g/mol. The van der Waals surface area contributed by atoms with Crippen molar-refractivity contribution in [1.29, 1.82) is 0 Å². The molecular formula is C14H12BrClN2O. The number of nitrogens with zero attached hydrogens (tertiary/aromatic N) is 1. The molecular weight excluding hydrogens is 328 g/mol. The number of furan rings is 1. The number of aryl methyl sites for hydroxylation is 1. The van der Waals surface area contributed by atoms with Crippen LogP contribution in [0.25, 0.3) is 22.9 Å². The molecule has 0 aliphatic heterocycles. The van der Waals surface area contributed by atoms with E-state index in [2.05, 4.69) is 25.9 Å². The van der Waals surface area contributed by atoms with Crippen molar-refractivity contribution >= 4 is 28.3 Å². The lowest BCUT2D eigenvalue weighted by molar-refractivity contribution is 0.593. The second-order valence-electron chi connectivity index (χ2n) is 4.09. The molecule has 5 heteroatoms. The lowest BCUT2D eigenvalue weighted by atomic mass is 10.2. The van der Waals surface area contributed by atoms with Crippen LogP contribution in [0.5, 0.6) is 0 Å². The summed E-state index contributed by atoms with van der Waals surface area (Å²) >= 11 is 3.42. The molecule has 0 saturated heterocycles. The number of imidazole rings is 1. The van der Waals surface area contributed by atoms with Crippen molar-refractivity contribution in [1.82, 2.24) is 9.97 Å². The molecule has 0 aliphatic carbocycles. The van der Waals surface area contributed by atoms with Crippen molar-refractivity contribution < 1.29 is 4.42 Å². The van der Waals surface area contributed by atoms with Gasteiger partial charge in [0.15, 0.2) is 11.6 Å². The van der Waals surface area contributed by atoms with Gasteiger partial charge in [-0.05, 0) is 31.2 Å². The van der Waals surface area contributed by atoms with Crippen molar-refractivity contribution in [2.24, 2.45) is 0 Å². The van der Waals surface area contributed by atoms with Crippen LogP contribution < -0.4 is 0 Å². The summed E-state index contributed by atoms with van der Waals surface area (Å²) in [5, 5.41) is 0. The van der Waals surface area contributed by atoms with Gasteiger partial charge in [0.2, 0.25) is 0 Å². The summed E-state index contributed by atoms with van der Waals surface area (Å²) in [5.41, 5.74) is 2.07. The second kappa shape index (κ2) is 5.63. The zero-order valence-corrected chi connectivity index (χ0v) is 12.6. The van der Waals surface area contributed by atoms with Crippen molar-refractivity contribution in [3.8, 4) is 22.9 Å². The fourth-order valence-corrected chi connectivity index (χ4v) is 2.04. The number of aromatic nitrogens is 2. The number of hydrogen-bond acceptors (Lipinski definition) is 2. The standard InChI is InChI=1S/C14H11BrN2O.ClH/c1-9-8-16-14(17-9)13-7-6-12(18-13)10-2-4-11(15)5-3-10;/h2-8H,1H3,(H,16,17);1H. The van der Waals surface area contributed by atoms with E-state index in [4.69, 9.17) is 4.42 Å². The molecule has 0 atom stereocenters. The highest BCUT2D eigenvalue weighted by Gasteiger charge is 2.08. The van der Waals surface area contributed by atoms with E-state index in [0.717, 1.165) is 33.1 Å². The highest BCUT2D eigenvalue weighted by Crippen LogP contribution is 2.27. The third kappa shape index (κ3) is 2.91. The van der Waals surface area contributed by atoms with Gasteiger partial charge in [0.05, 0.1) is 0 Å². The number of benzene rings is 1. The predicted molar refractivity (Wildman–Crippen MR) is 81.4 cm³/mol. The smallest absolute Gasteiger partial charge is 0.173 e. The number of halogens is 2. The van der Waals surface area contributed by atoms with Crippen LogP contribution >= 0.6 is 28.3 Å². The first-order valence-corrected chi connectivity index (χ1v) is 6.39. The number of aromatic amines is 1. The highest BCUT2D eigenvalue weighted by molar-refractivity contribution is 9.10. The molecule has 19 heavy (non-hydrogen) atoms. The van der Waals surface area contributed by atoms with Crippen LogP contribution in [0.1, 0.15) is 5.69 Å². The Morgan fingerprint density at radius 2 is 1.74 bits per heavy atom. The molecule has 0 saturated carbocycles. The molecule has 0 bridgehead atoms. The van der Waals surface area contributed by atoms with E-state index in [-0.39, 0.29) is 12.4 Å².